The molecule has 0 fully saturated rings. The molecule has 1 aromatic heterocycles. The van der Waals surface area contributed by atoms with E-state index in [0.29, 0.717) is 17.4 Å². The molecule has 0 radical (unpaired) electrons. The van der Waals surface area contributed by atoms with Crippen molar-refractivity contribution in [3.8, 4) is 5.75 Å². The van der Waals surface area contributed by atoms with Crippen molar-refractivity contribution in [2.24, 2.45) is 5.73 Å². The van der Waals surface area contributed by atoms with Crippen molar-refractivity contribution in [3.05, 3.63) is 45.8 Å². The number of ether oxygens (including phenoxy) is 1. The SMILES string of the molecule is CCC(N)Cc1ccc(OCc2c(C)noc2C)c(Cl)c1. The largest absolute Gasteiger partial charge is 0.487 e. The molecule has 114 valence electrons. The quantitative estimate of drug-likeness (QED) is 0.881. The van der Waals surface area contributed by atoms with Crippen LogP contribution in [0.2, 0.25) is 5.02 Å². The molecule has 21 heavy (non-hydrogen) atoms. The van der Waals surface area contributed by atoms with Crippen LogP contribution in [0.1, 0.15) is 35.9 Å². The van der Waals surface area contributed by atoms with Gasteiger partial charge in [-0.1, -0.05) is 29.7 Å². The fourth-order valence-corrected chi connectivity index (χ4v) is 2.35. The van der Waals surface area contributed by atoms with Crippen molar-refractivity contribution in [3.63, 3.8) is 0 Å². The van der Waals surface area contributed by atoms with E-state index < -0.39 is 0 Å². The molecule has 2 N–H and O–H groups in total. The number of hydrogen-bond acceptors (Lipinski definition) is 4. The number of nitrogens with two attached hydrogens (primary N) is 1. The Morgan fingerprint density at radius 3 is 2.71 bits per heavy atom. The Kier molecular flexibility index (Phi) is 5.26. The van der Waals surface area contributed by atoms with Crippen LogP contribution in [0.4, 0.5) is 0 Å². The second-order valence-electron chi connectivity index (χ2n) is 5.23. The molecule has 0 saturated heterocycles. The maximum absolute atomic E-state index is 6.27. The highest BCUT2D eigenvalue weighted by Crippen LogP contribution is 2.27. The first kappa shape index (κ1) is 15.9. The smallest absolute Gasteiger partial charge is 0.140 e. The Bertz CT molecular complexity index is 591. The minimum absolute atomic E-state index is 0.162. The Morgan fingerprint density at radius 2 is 2.14 bits per heavy atom. The molecule has 2 aromatic rings. The number of aryl methyl sites for hydroxylation is 2. The fraction of sp³-hybridized carbons (Fsp3) is 0.438. The maximum Gasteiger partial charge on any atom is 0.140 e. The molecule has 1 unspecified atom stereocenters. The van der Waals surface area contributed by atoms with Crippen molar-refractivity contribution < 1.29 is 9.26 Å². The highest BCUT2D eigenvalue weighted by Gasteiger charge is 2.11. The van der Waals surface area contributed by atoms with Gasteiger partial charge < -0.3 is 15.0 Å². The average molecular weight is 309 g/mol. The van der Waals surface area contributed by atoms with Crippen molar-refractivity contribution in [1.82, 2.24) is 5.16 Å². The van der Waals surface area contributed by atoms with Crippen molar-refractivity contribution in [1.29, 1.82) is 0 Å². The molecule has 4 nitrogen and oxygen atoms in total. The summed E-state index contributed by atoms with van der Waals surface area (Å²) in [6.07, 6.45) is 1.77. The van der Waals surface area contributed by atoms with Crippen LogP contribution in [0.15, 0.2) is 22.7 Å². The second-order valence-corrected chi connectivity index (χ2v) is 5.64. The van der Waals surface area contributed by atoms with E-state index in [9.17, 15) is 0 Å². The molecule has 5 heteroatoms. The molecule has 0 spiro atoms. The van der Waals surface area contributed by atoms with Gasteiger partial charge >= 0.3 is 0 Å². The van der Waals surface area contributed by atoms with E-state index in [0.717, 1.165) is 35.4 Å². The van der Waals surface area contributed by atoms with E-state index in [1.54, 1.807) is 0 Å². The lowest BCUT2D eigenvalue weighted by atomic mass is 10.0. The number of nitrogens with zero attached hydrogens (tertiary/aromatic N) is 1. The van der Waals surface area contributed by atoms with Crippen molar-refractivity contribution in [2.45, 2.75) is 46.3 Å². The van der Waals surface area contributed by atoms with Crippen molar-refractivity contribution in [2.75, 3.05) is 0 Å². The number of rotatable bonds is 6. The Morgan fingerprint density at radius 1 is 1.38 bits per heavy atom. The van der Waals surface area contributed by atoms with Gasteiger partial charge in [0.15, 0.2) is 0 Å². The lowest BCUT2D eigenvalue weighted by Crippen LogP contribution is -2.21. The van der Waals surface area contributed by atoms with E-state index in [4.69, 9.17) is 26.6 Å². The molecule has 0 amide bonds. The van der Waals surface area contributed by atoms with Gasteiger partial charge in [0.1, 0.15) is 18.1 Å². The molecule has 0 aliphatic heterocycles. The van der Waals surface area contributed by atoms with Crippen LogP contribution in [0.25, 0.3) is 0 Å². The zero-order valence-electron chi connectivity index (χ0n) is 12.6. The van der Waals surface area contributed by atoms with Crippen LogP contribution in [0.5, 0.6) is 5.75 Å². The highest BCUT2D eigenvalue weighted by molar-refractivity contribution is 6.32. The fourth-order valence-electron chi connectivity index (χ4n) is 2.09. The van der Waals surface area contributed by atoms with E-state index >= 15 is 0 Å². The van der Waals surface area contributed by atoms with Gasteiger partial charge in [-0.25, -0.2) is 0 Å². The van der Waals surface area contributed by atoms with Crippen LogP contribution in [0.3, 0.4) is 0 Å². The first-order valence-electron chi connectivity index (χ1n) is 7.09. The molecule has 1 aromatic carbocycles. The van der Waals surface area contributed by atoms with Crippen LogP contribution in [0, 0.1) is 13.8 Å². The van der Waals surface area contributed by atoms with Crippen LogP contribution >= 0.6 is 11.6 Å². The van der Waals surface area contributed by atoms with Crippen LogP contribution in [-0.2, 0) is 13.0 Å². The normalized spacial score (nSPS) is 12.4. The molecule has 0 aliphatic rings. The summed E-state index contributed by atoms with van der Waals surface area (Å²) in [6.45, 7) is 6.24. The first-order chi connectivity index (χ1) is 10.0. The standard InChI is InChI=1S/C16H21ClN2O2/c1-4-13(18)7-12-5-6-16(15(17)8-12)20-9-14-10(2)19-21-11(14)3/h5-6,8,13H,4,7,9,18H2,1-3H3. The third-order valence-electron chi connectivity index (χ3n) is 3.57. The van der Waals surface area contributed by atoms with Gasteiger partial charge in [0.2, 0.25) is 0 Å². The zero-order valence-corrected chi connectivity index (χ0v) is 13.4. The topological polar surface area (TPSA) is 61.3 Å². The molecular weight excluding hydrogens is 288 g/mol. The lowest BCUT2D eigenvalue weighted by Gasteiger charge is -2.12. The summed E-state index contributed by atoms with van der Waals surface area (Å²) in [5.41, 5.74) is 8.88. The van der Waals surface area contributed by atoms with Gasteiger partial charge in [0.05, 0.1) is 16.3 Å². The van der Waals surface area contributed by atoms with Gasteiger partial charge in [-0.15, -0.1) is 0 Å². The number of halogens is 1. The monoisotopic (exact) mass is 308 g/mol. The number of aromatic nitrogens is 1. The summed E-state index contributed by atoms with van der Waals surface area (Å²) in [6, 6.07) is 5.97. The lowest BCUT2D eigenvalue weighted by molar-refractivity contribution is 0.302. The van der Waals surface area contributed by atoms with E-state index in [-0.39, 0.29) is 6.04 Å². The molecule has 1 atom stereocenters. The van der Waals surface area contributed by atoms with Crippen LogP contribution < -0.4 is 10.5 Å². The Hall–Kier alpha value is -1.52. The second kappa shape index (κ2) is 6.96. The molecular formula is C16H21ClN2O2. The maximum atomic E-state index is 6.27. The van der Waals surface area contributed by atoms with Gasteiger partial charge in [0.25, 0.3) is 0 Å². The van der Waals surface area contributed by atoms with Crippen molar-refractivity contribution >= 4 is 11.6 Å². The average Bonchev–Trinajstić information content (AvgIpc) is 2.77. The predicted octanol–water partition coefficient (Wildman–Crippen LogP) is 3.80. The predicted molar refractivity (Wildman–Crippen MR) is 83.7 cm³/mol. The summed E-state index contributed by atoms with van der Waals surface area (Å²) in [5, 5.41) is 4.50. The summed E-state index contributed by atoms with van der Waals surface area (Å²) in [4.78, 5) is 0. The molecule has 2 rings (SSSR count). The zero-order chi connectivity index (χ0) is 15.4. The third-order valence-corrected chi connectivity index (χ3v) is 3.87. The minimum Gasteiger partial charge on any atom is -0.487 e. The summed E-state index contributed by atoms with van der Waals surface area (Å²) in [7, 11) is 0. The molecule has 1 heterocycles. The molecule has 0 saturated carbocycles. The summed E-state index contributed by atoms with van der Waals surface area (Å²) in [5.74, 6) is 1.43. The van der Waals surface area contributed by atoms with E-state index in [2.05, 4.69) is 12.1 Å². The Labute approximate surface area is 130 Å². The van der Waals surface area contributed by atoms with Gasteiger partial charge in [-0.05, 0) is 44.4 Å². The van der Waals surface area contributed by atoms with Gasteiger partial charge in [-0.2, -0.15) is 0 Å². The van der Waals surface area contributed by atoms with Crippen LogP contribution in [-0.4, -0.2) is 11.2 Å². The highest BCUT2D eigenvalue weighted by atomic mass is 35.5. The minimum atomic E-state index is 0.162. The summed E-state index contributed by atoms with van der Waals surface area (Å²) >= 11 is 6.27. The number of hydrogen-bond donors (Lipinski definition) is 1. The van der Waals surface area contributed by atoms with E-state index in [1.165, 1.54) is 0 Å². The first-order valence-corrected chi connectivity index (χ1v) is 7.47. The van der Waals surface area contributed by atoms with Gasteiger partial charge in [-0.3, -0.25) is 0 Å². The molecule has 0 bridgehead atoms. The Balaban J connectivity index is 2.04. The third kappa shape index (κ3) is 3.99. The summed E-state index contributed by atoms with van der Waals surface area (Å²) < 4.78 is 10.9. The van der Waals surface area contributed by atoms with E-state index in [1.807, 2.05) is 32.0 Å². The van der Waals surface area contributed by atoms with Gasteiger partial charge in [0, 0.05) is 6.04 Å². The molecule has 0 aliphatic carbocycles. The number of benzene rings is 1.